The van der Waals surface area contributed by atoms with Crippen LogP contribution in [0.15, 0.2) is 6.20 Å². The Bertz CT molecular complexity index is 1060. The van der Waals surface area contributed by atoms with E-state index in [9.17, 15) is 19.2 Å². The Morgan fingerprint density at radius 3 is 2.44 bits per heavy atom. The maximum atomic E-state index is 12.1. The summed E-state index contributed by atoms with van der Waals surface area (Å²) in [5.41, 5.74) is 6.20. The van der Waals surface area contributed by atoms with Crippen molar-refractivity contribution < 1.29 is 38.5 Å². The maximum Gasteiger partial charge on any atom is 0.315 e. The van der Waals surface area contributed by atoms with E-state index in [1.807, 2.05) is 18.0 Å². The van der Waals surface area contributed by atoms with Crippen LogP contribution in [0.3, 0.4) is 0 Å². The second kappa shape index (κ2) is 21.3. The normalized spacial score (nSPS) is 19.7. The third kappa shape index (κ3) is 14.6. The van der Waals surface area contributed by atoms with Crippen molar-refractivity contribution in [3.05, 3.63) is 11.9 Å². The molecule has 3 heterocycles. The van der Waals surface area contributed by atoms with Crippen molar-refractivity contribution in [1.29, 1.82) is 0 Å². The number of carboxylic acid groups (broad SMARTS) is 1. The largest absolute Gasteiger partial charge is 0.481 e. The lowest BCUT2D eigenvalue weighted by atomic mass is 9.96. The Morgan fingerprint density at radius 2 is 1.69 bits per heavy atom. The van der Waals surface area contributed by atoms with Crippen molar-refractivity contribution in [2.75, 3.05) is 51.9 Å². The number of rotatable bonds is 27. The third-order valence-electron chi connectivity index (χ3n) is 7.90. The molecule has 2 aliphatic heterocycles. The Kier molecular flexibility index (Phi) is 17.4. The van der Waals surface area contributed by atoms with Gasteiger partial charge < -0.3 is 35.7 Å². The van der Waals surface area contributed by atoms with Crippen LogP contribution in [0.2, 0.25) is 0 Å². The first-order chi connectivity index (χ1) is 21.9. The number of aromatic nitrogens is 3. The van der Waals surface area contributed by atoms with Gasteiger partial charge in [-0.15, -0.1) is 5.10 Å². The number of aryl methyl sites for hydroxylation is 1. The average molecular weight is 655 g/mol. The first-order valence-electron chi connectivity index (χ1n) is 16.1. The van der Waals surface area contributed by atoms with Gasteiger partial charge in [0.05, 0.1) is 63.3 Å². The molecular formula is C30H50N6O8S. The first-order valence-corrected chi connectivity index (χ1v) is 17.2. The summed E-state index contributed by atoms with van der Waals surface area (Å²) in [7, 11) is 0. The van der Waals surface area contributed by atoms with E-state index < -0.39 is 11.9 Å². The predicted molar refractivity (Wildman–Crippen MR) is 168 cm³/mol. The van der Waals surface area contributed by atoms with Gasteiger partial charge in [-0.2, -0.15) is 11.8 Å². The van der Waals surface area contributed by atoms with Gasteiger partial charge in [0.1, 0.15) is 11.6 Å². The molecule has 15 heteroatoms. The molecule has 2 saturated heterocycles. The molecule has 0 aliphatic carbocycles. The van der Waals surface area contributed by atoms with Gasteiger partial charge in [-0.3, -0.25) is 14.4 Å². The number of ether oxygens (including phenoxy) is 3. The fourth-order valence-corrected chi connectivity index (χ4v) is 6.97. The number of carbonyl (C=O) groups is 4. The lowest BCUT2D eigenvalue weighted by Gasteiger charge is -2.16. The van der Waals surface area contributed by atoms with Crippen LogP contribution >= 0.6 is 11.8 Å². The number of unbranched alkanes of at least 4 members (excludes halogenated alkanes) is 1. The van der Waals surface area contributed by atoms with Gasteiger partial charge in [-0.25, -0.2) is 9.48 Å². The van der Waals surface area contributed by atoms with Crippen LogP contribution in [0.1, 0.15) is 69.9 Å². The van der Waals surface area contributed by atoms with Crippen molar-refractivity contribution in [3.8, 4) is 0 Å². The quantitative estimate of drug-likeness (QED) is 0.0793. The van der Waals surface area contributed by atoms with Crippen LogP contribution in [0.5, 0.6) is 0 Å². The molecule has 2 fully saturated rings. The molecule has 2 amide bonds. The fourth-order valence-electron chi connectivity index (χ4n) is 5.43. The van der Waals surface area contributed by atoms with E-state index in [4.69, 9.17) is 25.1 Å². The van der Waals surface area contributed by atoms with E-state index in [1.54, 1.807) is 4.68 Å². The summed E-state index contributed by atoms with van der Waals surface area (Å²) in [6, 6.07) is 0.420. The molecule has 0 aromatic carbocycles. The number of hydrogen-bond acceptors (Lipinski definition) is 11. The van der Waals surface area contributed by atoms with E-state index in [-0.39, 0.29) is 42.6 Å². The van der Waals surface area contributed by atoms with Crippen molar-refractivity contribution in [2.24, 2.45) is 11.7 Å². The molecule has 0 saturated carbocycles. The summed E-state index contributed by atoms with van der Waals surface area (Å²) in [4.78, 5) is 46.8. The second-order valence-electron chi connectivity index (χ2n) is 11.5. The lowest BCUT2D eigenvalue weighted by Crippen LogP contribution is -2.36. The molecule has 0 unspecified atom stereocenters. The highest BCUT2D eigenvalue weighted by Gasteiger charge is 2.42. The molecule has 254 valence electrons. The number of carboxylic acids is 1. The van der Waals surface area contributed by atoms with Crippen LogP contribution < -0.4 is 16.4 Å². The van der Waals surface area contributed by atoms with Gasteiger partial charge in [0.2, 0.25) is 0 Å². The molecule has 0 radical (unpaired) electrons. The molecule has 4 atom stereocenters. The van der Waals surface area contributed by atoms with Gasteiger partial charge in [-0.05, 0) is 45.1 Å². The molecule has 1 aromatic heterocycles. The van der Waals surface area contributed by atoms with Crippen molar-refractivity contribution in [3.63, 3.8) is 0 Å². The minimum atomic E-state index is -0.979. The number of urea groups is 1. The van der Waals surface area contributed by atoms with Gasteiger partial charge in [0.15, 0.2) is 0 Å². The second-order valence-corrected chi connectivity index (χ2v) is 12.8. The van der Waals surface area contributed by atoms with Gasteiger partial charge in [0, 0.05) is 49.5 Å². The fraction of sp³-hybridized carbons (Fsp3) is 0.800. The topological polar surface area (TPSA) is 197 Å². The molecule has 45 heavy (non-hydrogen) atoms. The molecule has 5 N–H and O–H groups in total. The zero-order chi connectivity index (χ0) is 32.3. The Morgan fingerprint density at radius 1 is 0.978 bits per heavy atom. The number of hydrogen-bond donors (Lipinski definition) is 4. The lowest BCUT2D eigenvalue weighted by molar-refractivity contribution is -0.144. The van der Waals surface area contributed by atoms with E-state index in [0.717, 1.165) is 30.7 Å². The Balaban J connectivity index is 1.06. The molecule has 0 spiro atoms. The number of amides is 2. The van der Waals surface area contributed by atoms with Crippen LogP contribution in [0.4, 0.5) is 4.79 Å². The van der Waals surface area contributed by atoms with Gasteiger partial charge in [-0.1, -0.05) is 11.6 Å². The minimum Gasteiger partial charge on any atom is -0.481 e. The number of aliphatic carboxylic acids is 1. The zero-order valence-electron chi connectivity index (χ0n) is 26.2. The summed E-state index contributed by atoms with van der Waals surface area (Å²) in [5, 5.41) is 23.7. The highest BCUT2D eigenvalue weighted by molar-refractivity contribution is 8.00. The predicted octanol–water partition coefficient (Wildman–Crippen LogP) is 1.73. The van der Waals surface area contributed by atoms with E-state index in [2.05, 4.69) is 20.9 Å². The Labute approximate surface area is 269 Å². The van der Waals surface area contributed by atoms with Crippen molar-refractivity contribution in [2.45, 2.75) is 94.5 Å². The van der Waals surface area contributed by atoms with Gasteiger partial charge in [0.25, 0.3) is 0 Å². The van der Waals surface area contributed by atoms with Crippen LogP contribution in [-0.4, -0.2) is 113 Å². The summed E-state index contributed by atoms with van der Waals surface area (Å²) in [6.45, 7) is 3.64. The highest BCUT2D eigenvalue weighted by atomic mass is 32.2. The third-order valence-corrected chi connectivity index (χ3v) is 9.41. The molecule has 14 nitrogen and oxygen atoms in total. The monoisotopic (exact) mass is 654 g/mol. The summed E-state index contributed by atoms with van der Waals surface area (Å²) >= 11 is 1.91. The molecule has 2 aliphatic rings. The number of nitrogens with one attached hydrogen (secondary N) is 2. The van der Waals surface area contributed by atoms with Crippen molar-refractivity contribution >= 4 is 35.3 Å². The zero-order valence-corrected chi connectivity index (χ0v) is 27.0. The van der Waals surface area contributed by atoms with Gasteiger partial charge >= 0.3 is 12.0 Å². The van der Waals surface area contributed by atoms with Crippen LogP contribution in [-0.2, 0) is 41.6 Å². The smallest absolute Gasteiger partial charge is 0.315 e. The SMILES string of the molecule is NCC[C@H](CC(=O)CCCc1cn(CCOCCOCCOCCCC(=O)CCCC[C@@H]2SC[C@@H]3NC(=O)N[C@@H]32)nn1)C(=O)O. The number of Topliss-reactive ketones (excluding diaryl/α,β-unsaturated/α-hetero) is 2. The highest BCUT2D eigenvalue weighted by Crippen LogP contribution is 2.33. The number of nitrogens with two attached hydrogens (primary N) is 1. The minimum absolute atomic E-state index is 0.0147. The number of ketones is 2. The van der Waals surface area contributed by atoms with Crippen molar-refractivity contribution in [1.82, 2.24) is 25.6 Å². The maximum absolute atomic E-state index is 12.1. The molecule has 0 bridgehead atoms. The van der Waals surface area contributed by atoms with Crippen LogP contribution in [0.25, 0.3) is 0 Å². The number of carbonyl (C=O) groups excluding carboxylic acids is 3. The number of fused-ring (bicyclic) bond motifs is 1. The number of nitrogens with zero attached hydrogens (tertiary/aromatic N) is 3. The van der Waals surface area contributed by atoms with E-state index in [1.165, 1.54) is 0 Å². The Hall–Kier alpha value is -2.59. The van der Waals surface area contributed by atoms with E-state index >= 15 is 0 Å². The standard InChI is InChI=1S/C30H50N6O8S/c31-11-10-22(29(39)40)19-25(38)7-3-5-23-20-36(35-34-23)12-14-43-16-18-44-17-15-42-13-4-8-24(37)6-1-2-9-27-28-26(21-45-27)32-30(41)33-28/h20,22,26-28H,1-19,21,31H2,(H,39,40)(H2,32,33,41)/t22-,26+,27+,28+/m1/s1. The molecule has 3 rings (SSSR count). The summed E-state index contributed by atoms with van der Waals surface area (Å²) in [5.74, 6) is -0.526. The summed E-state index contributed by atoms with van der Waals surface area (Å²) in [6.07, 6.45) is 8.41. The summed E-state index contributed by atoms with van der Waals surface area (Å²) < 4.78 is 18.4. The van der Waals surface area contributed by atoms with Crippen LogP contribution in [0, 0.1) is 5.92 Å². The average Bonchev–Trinajstić information content (AvgIpc) is 3.72. The molecular weight excluding hydrogens is 604 g/mol. The number of thioether (sulfide) groups is 1. The first kappa shape index (κ1) is 36.9. The molecule has 1 aromatic rings. The van der Waals surface area contributed by atoms with E-state index in [0.29, 0.717) is 96.4 Å².